The van der Waals surface area contributed by atoms with Crippen LogP contribution in [0.5, 0.6) is 0 Å². The number of amides is 1. The van der Waals surface area contributed by atoms with Crippen molar-refractivity contribution in [3.05, 3.63) is 0 Å². The van der Waals surface area contributed by atoms with Crippen LogP contribution in [0.25, 0.3) is 0 Å². The molecule has 1 unspecified atom stereocenters. The second-order valence-electron chi connectivity index (χ2n) is 6.22. The Balaban J connectivity index is 2.45. The Morgan fingerprint density at radius 2 is 1.88 bits per heavy atom. The summed E-state index contributed by atoms with van der Waals surface area (Å²) < 4.78 is 0. The van der Waals surface area contributed by atoms with E-state index in [4.69, 9.17) is 0 Å². The number of nitrogens with one attached hydrogen (secondary N) is 1. The molecule has 3 nitrogen and oxygen atoms in total. The van der Waals surface area contributed by atoms with Crippen LogP contribution >= 0.6 is 0 Å². The van der Waals surface area contributed by atoms with Gasteiger partial charge in [-0.15, -0.1) is 0 Å². The average Bonchev–Trinajstić information content (AvgIpc) is 2.78. The van der Waals surface area contributed by atoms with Gasteiger partial charge in [0, 0.05) is 12.0 Å². The second-order valence-corrected chi connectivity index (χ2v) is 6.22. The molecular weight excluding hydrogens is 214 g/mol. The van der Waals surface area contributed by atoms with E-state index in [0.29, 0.717) is 12.5 Å². The number of hydrogen-bond acceptors (Lipinski definition) is 2. The Labute approximate surface area is 105 Å². The van der Waals surface area contributed by atoms with Crippen LogP contribution < -0.4 is 5.32 Å². The van der Waals surface area contributed by atoms with Crippen molar-refractivity contribution in [2.24, 2.45) is 17.3 Å². The topological polar surface area (TPSA) is 49.3 Å². The summed E-state index contributed by atoms with van der Waals surface area (Å²) in [4.78, 5) is 12.2. The SMILES string of the molecule is CC(C)C(O)CNC(=O)C(C)(C)C1CCCC1. The molecule has 0 bridgehead atoms. The van der Waals surface area contributed by atoms with Gasteiger partial charge >= 0.3 is 0 Å². The van der Waals surface area contributed by atoms with Gasteiger partial charge in [-0.05, 0) is 24.7 Å². The van der Waals surface area contributed by atoms with E-state index in [0.717, 1.165) is 12.8 Å². The zero-order valence-corrected chi connectivity index (χ0v) is 11.6. The first-order chi connectivity index (χ1) is 7.85. The van der Waals surface area contributed by atoms with E-state index in [9.17, 15) is 9.90 Å². The highest BCUT2D eigenvalue weighted by atomic mass is 16.3. The molecule has 0 saturated heterocycles. The molecule has 3 heteroatoms. The monoisotopic (exact) mass is 241 g/mol. The minimum atomic E-state index is -0.446. The Bertz CT molecular complexity index is 255. The van der Waals surface area contributed by atoms with Crippen LogP contribution in [0.3, 0.4) is 0 Å². The zero-order valence-electron chi connectivity index (χ0n) is 11.6. The number of aliphatic hydroxyl groups is 1. The summed E-state index contributed by atoms with van der Waals surface area (Å²) in [5.74, 6) is 0.771. The largest absolute Gasteiger partial charge is 0.391 e. The number of rotatable bonds is 5. The normalized spacial score (nSPS) is 19.6. The summed E-state index contributed by atoms with van der Waals surface area (Å²) in [5, 5.41) is 12.6. The van der Waals surface area contributed by atoms with Crippen molar-refractivity contribution in [3.63, 3.8) is 0 Å². The third-order valence-corrected chi connectivity index (χ3v) is 4.20. The zero-order chi connectivity index (χ0) is 13.1. The molecular formula is C14H27NO2. The summed E-state index contributed by atoms with van der Waals surface area (Å²) in [6.45, 7) is 8.34. The lowest BCUT2D eigenvalue weighted by Crippen LogP contribution is -2.44. The number of hydrogen-bond donors (Lipinski definition) is 2. The first-order valence-electron chi connectivity index (χ1n) is 6.82. The molecule has 2 N–H and O–H groups in total. The summed E-state index contributed by atoms with van der Waals surface area (Å²) in [7, 11) is 0. The maximum atomic E-state index is 12.2. The molecule has 0 aromatic carbocycles. The van der Waals surface area contributed by atoms with Crippen LogP contribution in [0.15, 0.2) is 0 Å². The first-order valence-corrected chi connectivity index (χ1v) is 6.82. The van der Waals surface area contributed by atoms with Gasteiger partial charge in [-0.2, -0.15) is 0 Å². The molecule has 1 atom stereocenters. The van der Waals surface area contributed by atoms with Crippen LogP contribution in [-0.4, -0.2) is 23.7 Å². The first kappa shape index (κ1) is 14.5. The average molecular weight is 241 g/mol. The summed E-state index contributed by atoms with van der Waals surface area (Å²) in [6.07, 6.45) is 4.37. The quantitative estimate of drug-likeness (QED) is 0.776. The molecule has 17 heavy (non-hydrogen) atoms. The van der Waals surface area contributed by atoms with Crippen molar-refractivity contribution in [2.45, 2.75) is 59.5 Å². The second kappa shape index (κ2) is 5.85. The fourth-order valence-corrected chi connectivity index (χ4v) is 2.49. The number of aliphatic hydroxyl groups excluding tert-OH is 1. The van der Waals surface area contributed by atoms with E-state index in [-0.39, 0.29) is 17.2 Å². The standard InChI is InChI=1S/C14H27NO2/c1-10(2)12(16)9-15-13(17)14(3,4)11-7-5-6-8-11/h10-12,16H,5-9H2,1-4H3,(H,15,17). The fourth-order valence-electron chi connectivity index (χ4n) is 2.49. The van der Waals surface area contributed by atoms with Gasteiger partial charge in [0.25, 0.3) is 0 Å². The highest BCUT2D eigenvalue weighted by Gasteiger charge is 2.38. The summed E-state index contributed by atoms with van der Waals surface area (Å²) >= 11 is 0. The van der Waals surface area contributed by atoms with E-state index in [1.807, 2.05) is 27.7 Å². The van der Waals surface area contributed by atoms with Crippen LogP contribution in [-0.2, 0) is 4.79 Å². The van der Waals surface area contributed by atoms with Gasteiger partial charge in [-0.3, -0.25) is 4.79 Å². The molecule has 1 saturated carbocycles. The van der Waals surface area contributed by atoms with Crippen molar-refractivity contribution < 1.29 is 9.90 Å². The van der Waals surface area contributed by atoms with Crippen molar-refractivity contribution >= 4 is 5.91 Å². The van der Waals surface area contributed by atoms with Crippen LogP contribution in [0.4, 0.5) is 0 Å². The van der Waals surface area contributed by atoms with Gasteiger partial charge < -0.3 is 10.4 Å². The van der Waals surface area contributed by atoms with Crippen LogP contribution in [0.2, 0.25) is 0 Å². The van der Waals surface area contributed by atoms with Crippen molar-refractivity contribution in [2.75, 3.05) is 6.54 Å². The molecule has 1 fully saturated rings. The third kappa shape index (κ3) is 3.70. The van der Waals surface area contributed by atoms with Crippen LogP contribution in [0.1, 0.15) is 53.4 Å². The van der Waals surface area contributed by atoms with Crippen molar-refractivity contribution in [1.82, 2.24) is 5.32 Å². The van der Waals surface area contributed by atoms with Gasteiger partial charge in [0.15, 0.2) is 0 Å². The lowest BCUT2D eigenvalue weighted by Gasteiger charge is -2.30. The predicted octanol–water partition coefficient (Wildman–Crippen LogP) is 2.34. The Hall–Kier alpha value is -0.570. The molecule has 0 aliphatic heterocycles. The van der Waals surface area contributed by atoms with Gasteiger partial charge in [0.1, 0.15) is 0 Å². The number of carbonyl (C=O) groups is 1. The van der Waals surface area contributed by atoms with E-state index < -0.39 is 6.10 Å². The van der Waals surface area contributed by atoms with E-state index in [1.165, 1.54) is 12.8 Å². The molecule has 100 valence electrons. The molecule has 0 radical (unpaired) electrons. The number of carbonyl (C=O) groups excluding carboxylic acids is 1. The van der Waals surface area contributed by atoms with Crippen molar-refractivity contribution in [3.8, 4) is 0 Å². The van der Waals surface area contributed by atoms with Gasteiger partial charge in [-0.1, -0.05) is 40.5 Å². The molecule has 1 rings (SSSR count). The van der Waals surface area contributed by atoms with Gasteiger partial charge in [-0.25, -0.2) is 0 Å². The molecule has 1 amide bonds. The lowest BCUT2D eigenvalue weighted by molar-refractivity contribution is -0.132. The maximum absolute atomic E-state index is 12.2. The molecule has 0 aromatic rings. The van der Waals surface area contributed by atoms with Gasteiger partial charge in [0.2, 0.25) is 5.91 Å². The summed E-state index contributed by atoms with van der Waals surface area (Å²) in [6, 6.07) is 0. The highest BCUT2D eigenvalue weighted by molar-refractivity contribution is 5.82. The Morgan fingerprint density at radius 1 is 1.35 bits per heavy atom. The summed E-state index contributed by atoms with van der Waals surface area (Å²) in [5.41, 5.74) is -0.298. The lowest BCUT2D eigenvalue weighted by atomic mass is 9.77. The van der Waals surface area contributed by atoms with E-state index >= 15 is 0 Å². The molecule has 0 spiro atoms. The van der Waals surface area contributed by atoms with Gasteiger partial charge in [0.05, 0.1) is 6.10 Å². The third-order valence-electron chi connectivity index (χ3n) is 4.20. The molecule has 1 aliphatic carbocycles. The smallest absolute Gasteiger partial charge is 0.226 e. The minimum absolute atomic E-state index is 0.0871. The highest BCUT2D eigenvalue weighted by Crippen LogP contribution is 2.39. The Morgan fingerprint density at radius 3 is 2.35 bits per heavy atom. The minimum Gasteiger partial charge on any atom is -0.391 e. The molecule has 0 heterocycles. The van der Waals surface area contributed by atoms with E-state index in [2.05, 4.69) is 5.32 Å². The molecule has 1 aliphatic rings. The molecule has 0 aromatic heterocycles. The van der Waals surface area contributed by atoms with Crippen LogP contribution in [0, 0.1) is 17.3 Å². The maximum Gasteiger partial charge on any atom is 0.226 e. The van der Waals surface area contributed by atoms with Crippen molar-refractivity contribution in [1.29, 1.82) is 0 Å². The fraction of sp³-hybridized carbons (Fsp3) is 0.929. The predicted molar refractivity (Wildman–Crippen MR) is 69.6 cm³/mol. The van der Waals surface area contributed by atoms with E-state index in [1.54, 1.807) is 0 Å². The Kier molecular flexibility index (Phi) is 4.99.